The summed E-state index contributed by atoms with van der Waals surface area (Å²) in [4.78, 5) is 4.47. The van der Waals surface area contributed by atoms with Gasteiger partial charge in [-0.25, -0.2) is 9.67 Å². The van der Waals surface area contributed by atoms with Crippen LogP contribution >= 0.6 is 0 Å². The van der Waals surface area contributed by atoms with Crippen molar-refractivity contribution in [1.82, 2.24) is 14.8 Å². The van der Waals surface area contributed by atoms with Crippen LogP contribution in [0.25, 0.3) is 0 Å². The van der Waals surface area contributed by atoms with E-state index in [0.29, 0.717) is 13.0 Å². The second kappa shape index (κ2) is 6.51. The number of nitrogens with zero attached hydrogens (tertiary/aromatic N) is 4. The van der Waals surface area contributed by atoms with Crippen LogP contribution in [0.3, 0.4) is 0 Å². The van der Waals surface area contributed by atoms with E-state index < -0.39 is 5.54 Å². The highest BCUT2D eigenvalue weighted by Crippen LogP contribution is 2.22. The largest absolute Gasteiger partial charge is 0.310 e. The first-order chi connectivity index (χ1) is 10.1. The van der Waals surface area contributed by atoms with Crippen molar-refractivity contribution >= 4 is 0 Å². The van der Waals surface area contributed by atoms with Crippen molar-refractivity contribution in [3.05, 3.63) is 47.5 Å². The molecule has 110 valence electrons. The third kappa shape index (κ3) is 3.29. The van der Waals surface area contributed by atoms with Gasteiger partial charge in [-0.1, -0.05) is 44.2 Å². The van der Waals surface area contributed by atoms with Gasteiger partial charge in [0.15, 0.2) is 5.82 Å². The predicted octanol–water partition coefficient (Wildman–Crippen LogP) is 2.17. The average Bonchev–Trinajstić information content (AvgIpc) is 2.96. The van der Waals surface area contributed by atoms with Crippen molar-refractivity contribution < 1.29 is 0 Å². The molecule has 0 saturated carbocycles. The van der Waals surface area contributed by atoms with Crippen LogP contribution < -0.4 is 5.73 Å². The molecule has 0 bridgehead atoms. The Bertz CT molecular complexity index is 626. The van der Waals surface area contributed by atoms with Gasteiger partial charge in [-0.3, -0.25) is 0 Å². The first-order valence-electron chi connectivity index (χ1n) is 7.31. The van der Waals surface area contributed by atoms with Gasteiger partial charge in [0.05, 0.1) is 6.07 Å². The van der Waals surface area contributed by atoms with Gasteiger partial charge >= 0.3 is 0 Å². The summed E-state index contributed by atoms with van der Waals surface area (Å²) < 4.78 is 1.88. The maximum absolute atomic E-state index is 9.47. The zero-order valence-electron chi connectivity index (χ0n) is 12.6. The van der Waals surface area contributed by atoms with E-state index in [-0.39, 0.29) is 0 Å². The first-order valence-corrected chi connectivity index (χ1v) is 7.31. The molecule has 0 saturated heterocycles. The number of aryl methyl sites for hydroxylation is 3. The fraction of sp³-hybridized carbons (Fsp3) is 0.438. The van der Waals surface area contributed by atoms with Crippen LogP contribution in [-0.4, -0.2) is 14.8 Å². The maximum atomic E-state index is 9.47. The first kappa shape index (κ1) is 15.2. The molecule has 2 N–H and O–H groups in total. The van der Waals surface area contributed by atoms with Gasteiger partial charge in [0.25, 0.3) is 0 Å². The van der Waals surface area contributed by atoms with Crippen molar-refractivity contribution in [3.63, 3.8) is 0 Å². The van der Waals surface area contributed by atoms with Gasteiger partial charge in [0.2, 0.25) is 0 Å². The Labute approximate surface area is 125 Å². The van der Waals surface area contributed by atoms with Crippen LogP contribution in [0, 0.1) is 11.3 Å². The van der Waals surface area contributed by atoms with E-state index in [2.05, 4.69) is 23.1 Å². The average molecular weight is 283 g/mol. The van der Waals surface area contributed by atoms with Crippen LogP contribution in [0.5, 0.6) is 0 Å². The molecule has 1 aromatic carbocycles. The van der Waals surface area contributed by atoms with Crippen molar-refractivity contribution in [3.8, 4) is 6.07 Å². The van der Waals surface area contributed by atoms with Gasteiger partial charge < -0.3 is 5.73 Å². The van der Waals surface area contributed by atoms with E-state index in [1.807, 2.05) is 41.9 Å². The Morgan fingerprint density at radius 2 is 1.95 bits per heavy atom. The molecule has 2 rings (SSSR count). The lowest BCUT2D eigenvalue weighted by Crippen LogP contribution is -2.36. The minimum Gasteiger partial charge on any atom is -0.310 e. The Hall–Kier alpha value is -2.19. The third-order valence-electron chi connectivity index (χ3n) is 3.63. The molecule has 2 aromatic rings. The standard InChI is InChI=1S/C16H21N5/c1-3-14-19-15(4-2)21(20-14)11-10-16(18,12-17)13-8-6-5-7-9-13/h5-9H,3-4,10-11,18H2,1-2H3. The molecule has 0 aliphatic carbocycles. The number of rotatable bonds is 6. The minimum absolute atomic E-state index is 0.507. The van der Waals surface area contributed by atoms with Crippen LogP contribution in [0.1, 0.15) is 37.5 Å². The quantitative estimate of drug-likeness (QED) is 0.881. The Kier molecular flexibility index (Phi) is 4.71. The Morgan fingerprint density at radius 3 is 2.52 bits per heavy atom. The molecule has 0 aliphatic heterocycles. The van der Waals surface area contributed by atoms with Crippen molar-refractivity contribution in [1.29, 1.82) is 5.26 Å². The molecule has 1 heterocycles. The number of aromatic nitrogens is 3. The summed E-state index contributed by atoms with van der Waals surface area (Å²) in [6.45, 7) is 4.68. The highest BCUT2D eigenvalue weighted by molar-refractivity contribution is 5.30. The van der Waals surface area contributed by atoms with Crippen molar-refractivity contribution in [2.24, 2.45) is 5.73 Å². The normalized spacial score (nSPS) is 13.6. The molecule has 0 spiro atoms. The Morgan fingerprint density at radius 1 is 1.24 bits per heavy atom. The number of nitriles is 1. The highest BCUT2D eigenvalue weighted by Gasteiger charge is 2.27. The molecule has 0 aliphatic rings. The number of nitrogens with two attached hydrogens (primary N) is 1. The fourth-order valence-corrected chi connectivity index (χ4v) is 2.30. The molecule has 5 heteroatoms. The van der Waals surface area contributed by atoms with E-state index in [1.165, 1.54) is 0 Å². The van der Waals surface area contributed by atoms with Gasteiger partial charge in [-0.15, -0.1) is 0 Å². The molecule has 0 radical (unpaired) electrons. The number of hydrogen-bond acceptors (Lipinski definition) is 4. The molecule has 0 amide bonds. The van der Waals surface area contributed by atoms with Crippen LogP contribution in [0.15, 0.2) is 30.3 Å². The summed E-state index contributed by atoms with van der Waals surface area (Å²) in [6.07, 6.45) is 2.14. The zero-order valence-corrected chi connectivity index (χ0v) is 12.6. The lowest BCUT2D eigenvalue weighted by Gasteiger charge is -2.22. The fourth-order valence-electron chi connectivity index (χ4n) is 2.30. The summed E-state index contributed by atoms with van der Waals surface area (Å²) in [5.41, 5.74) is 6.11. The monoisotopic (exact) mass is 283 g/mol. The van der Waals surface area contributed by atoms with Gasteiger partial charge in [-0.05, 0) is 5.56 Å². The summed E-state index contributed by atoms with van der Waals surface area (Å²) in [7, 11) is 0. The Balaban J connectivity index is 2.18. The van der Waals surface area contributed by atoms with E-state index in [4.69, 9.17) is 5.73 Å². The smallest absolute Gasteiger partial charge is 0.150 e. The molecule has 1 aromatic heterocycles. The number of benzene rings is 1. The highest BCUT2D eigenvalue weighted by atomic mass is 15.3. The minimum atomic E-state index is -0.995. The summed E-state index contributed by atoms with van der Waals surface area (Å²) >= 11 is 0. The summed E-state index contributed by atoms with van der Waals surface area (Å²) in [5, 5.41) is 13.9. The molecule has 1 unspecified atom stereocenters. The maximum Gasteiger partial charge on any atom is 0.150 e. The van der Waals surface area contributed by atoms with Crippen LogP contribution in [-0.2, 0) is 24.9 Å². The molecule has 21 heavy (non-hydrogen) atoms. The number of hydrogen-bond donors (Lipinski definition) is 1. The third-order valence-corrected chi connectivity index (χ3v) is 3.63. The van der Waals surface area contributed by atoms with Crippen molar-refractivity contribution in [2.75, 3.05) is 0 Å². The second-order valence-electron chi connectivity index (χ2n) is 5.07. The van der Waals surface area contributed by atoms with E-state index >= 15 is 0 Å². The molecule has 5 nitrogen and oxygen atoms in total. The van der Waals surface area contributed by atoms with Gasteiger partial charge in [0, 0.05) is 25.8 Å². The van der Waals surface area contributed by atoms with E-state index in [0.717, 1.165) is 30.1 Å². The second-order valence-corrected chi connectivity index (χ2v) is 5.07. The molecular formula is C16H21N5. The lowest BCUT2D eigenvalue weighted by atomic mass is 9.89. The molecule has 0 fully saturated rings. The van der Waals surface area contributed by atoms with Crippen molar-refractivity contribution in [2.45, 2.75) is 45.2 Å². The van der Waals surface area contributed by atoms with Gasteiger partial charge in [-0.2, -0.15) is 10.4 Å². The predicted molar refractivity (Wildman–Crippen MR) is 81.3 cm³/mol. The molecular weight excluding hydrogens is 262 g/mol. The topological polar surface area (TPSA) is 80.5 Å². The van der Waals surface area contributed by atoms with Crippen LogP contribution in [0.2, 0.25) is 0 Å². The zero-order chi connectivity index (χ0) is 15.3. The SMILES string of the molecule is CCc1nc(CC)n(CCC(N)(C#N)c2ccccc2)n1. The summed E-state index contributed by atoms with van der Waals surface area (Å²) in [5.74, 6) is 1.78. The summed E-state index contributed by atoms with van der Waals surface area (Å²) in [6, 6.07) is 11.7. The van der Waals surface area contributed by atoms with Gasteiger partial charge in [0.1, 0.15) is 11.4 Å². The lowest BCUT2D eigenvalue weighted by molar-refractivity contribution is 0.441. The van der Waals surface area contributed by atoms with E-state index in [9.17, 15) is 5.26 Å². The molecule has 1 atom stereocenters. The van der Waals surface area contributed by atoms with E-state index in [1.54, 1.807) is 0 Å². The van der Waals surface area contributed by atoms with Crippen LogP contribution in [0.4, 0.5) is 0 Å².